The van der Waals surface area contributed by atoms with Gasteiger partial charge >= 0.3 is 0 Å². The lowest BCUT2D eigenvalue weighted by Gasteiger charge is -2.26. The molecule has 1 aromatic heterocycles. The Balaban J connectivity index is 1.82. The molecule has 20 heavy (non-hydrogen) atoms. The Kier molecular flexibility index (Phi) is 5.80. The lowest BCUT2D eigenvalue weighted by Crippen LogP contribution is -2.37. The van der Waals surface area contributed by atoms with E-state index in [0.717, 1.165) is 26.2 Å². The molecule has 5 heteroatoms. The molecule has 0 unspecified atom stereocenters. The highest BCUT2D eigenvalue weighted by Gasteiger charge is 2.13. The summed E-state index contributed by atoms with van der Waals surface area (Å²) in [6, 6.07) is 3.60. The highest BCUT2D eigenvalue weighted by atomic mass is 16.1. The van der Waals surface area contributed by atoms with Gasteiger partial charge in [-0.2, -0.15) is 0 Å². The van der Waals surface area contributed by atoms with Crippen LogP contribution >= 0.6 is 0 Å². The number of nitrogens with zero attached hydrogens (tertiary/aromatic N) is 2. The van der Waals surface area contributed by atoms with Gasteiger partial charge in [0.2, 0.25) is 0 Å². The summed E-state index contributed by atoms with van der Waals surface area (Å²) in [6.45, 7) is 6.69. The molecule has 5 nitrogen and oxygen atoms in total. The van der Waals surface area contributed by atoms with E-state index < -0.39 is 0 Å². The van der Waals surface area contributed by atoms with Crippen molar-refractivity contribution < 1.29 is 4.79 Å². The molecule has 0 atom stereocenters. The fraction of sp³-hybridized carbons (Fsp3) is 0.600. The first kappa shape index (κ1) is 14.8. The van der Waals surface area contributed by atoms with Gasteiger partial charge in [-0.05, 0) is 45.0 Å². The van der Waals surface area contributed by atoms with E-state index in [2.05, 4.69) is 20.5 Å². The minimum absolute atomic E-state index is 0.0499. The van der Waals surface area contributed by atoms with Crippen molar-refractivity contribution in [2.45, 2.75) is 26.2 Å². The van der Waals surface area contributed by atoms with Crippen LogP contribution in [0, 0.1) is 0 Å². The van der Waals surface area contributed by atoms with Crippen molar-refractivity contribution in [3.05, 3.63) is 23.9 Å². The lowest BCUT2D eigenvalue weighted by atomic mass is 10.1. The van der Waals surface area contributed by atoms with Crippen molar-refractivity contribution in [1.82, 2.24) is 15.2 Å². The summed E-state index contributed by atoms with van der Waals surface area (Å²) >= 11 is 0. The summed E-state index contributed by atoms with van der Waals surface area (Å²) in [5.74, 6) is 0.608. The van der Waals surface area contributed by atoms with Crippen molar-refractivity contribution in [2.24, 2.45) is 0 Å². The molecule has 0 saturated carbocycles. The summed E-state index contributed by atoms with van der Waals surface area (Å²) in [5.41, 5.74) is 0.619. The number of aromatic nitrogens is 1. The minimum Gasteiger partial charge on any atom is -0.370 e. The van der Waals surface area contributed by atoms with Crippen molar-refractivity contribution in [1.29, 1.82) is 0 Å². The van der Waals surface area contributed by atoms with Gasteiger partial charge in [-0.25, -0.2) is 4.98 Å². The number of piperidine rings is 1. The fourth-order valence-corrected chi connectivity index (χ4v) is 2.50. The maximum absolute atomic E-state index is 12.2. The number of nitrogens with one attached hydrogen (secondary N) is 2. The van der Waals surface area contributed by atoms with Gasteiger partial charge in [-0.15, -0.1) is 0 Å². The Morgan fingerprint density at radius 2 is 2.15 bits per heavy atom. The zero-order valence-corrected chi connectivity index (χ0v) is 12.2. The van der Waals surface area contributed by atoms with Gasteiger partial charge in [-0.3, -0.25) is 4.79 Å². The number of pyridine rings is 1. The fourth-order valence-electron chi connectivity index (χ4n) is 2.50. The third kappa shape index (κ3) is 4.20. The van der Waals surface area contributed by atoms with Crippen molar-refractivity contribution in [3.8, 4) is 0 Å². The molecule has 0 aromatic carbocycles. The average molecular weight is 276 g/mol. The number of carbonyl (C=O) groups excluding carboxylic acids is 1. The Morgan fingerprint density at radius 3 is 2.90 bits per heavy atom. The second kappa shape index (κ2) is 7.85. The van der Waals surface area contributed by atoms with Crippen molar-refractivity contribution in [2.75, 3.05) is 38.0 Å². The van der Waals surface area contributed by atoms with E-state index in [0.29, 0.717) is 17.9 Å². The predicted molar refractivity (Wildman–Crippen MR) is 81.0 cm³/mol. The zero-order chi connectivity index (χ0) is 14.2. The van der Waals surface area contributed by atoms with Crippen LogP contribution in [0.4, 0.5) is 5.82 Å². The summed E-state index contributed by atoms with van der Waals surface area (Å²) in [5, 5.41) is 6.10. The Morgan fingerprint density at radius 1 is 1.35 bits per heavy atom. The molecule has 110 valence electrons. The van der Waals surface area contributed by atoms with E-state index in [1.807, 2.05) is 6.92 Å². The highest BCUT2D eigenvalue weighted by Crippen LogP contribution is 2.11. The maximum Gasteiger partial charge on any atom is 0.255 e. The topological polar surface area (TPSA) is 57.3 Å². The number of rotatable bonds is 6. The summed E-state index contributed by atoms with van der Waals surface area (Å²) in [4.78, 5) is 18.8. The van der Waals surface area contributed by atoms with Gasteiger partial charge in [0.15, 0.2) is 0 Å². The SMILES string of the molecule is CCNc1ncccc1C(=O)NCCN1CCCCC1. The molecule has 0 radical (unpaired) electrons. The minimum atomic E-state index is -0.0499. The van der Waals surface area contributed by atoms with Crippen LogP contribution in [0.3, 0.4) is 0 Å². The van der Waals surface area contributed by atoms with Crippen LogP contribution in [0.2, 0.25) is 0 Å². The summed E-state index contributed by atoms with van der Waals surface area (Å²) in [7, 11) is 0. The van der Waals surface area contributed by atoms with Gasteiger partial charge in [-0.1, -0.05) is 6.42 Å². The second-order valence-corrected chi connectivity index (χ2v) is 5.09. The van der Waals surface area contributed by atoms with Crippen molar-refractivity contribution in [3.63, 3.8) is 0 Å². The van der Waals surface area contributed by atoms with Crippen LogP contribution in [0.1, 0.15) is 36.5 Å². The predicted octanol–water partition coefficient (Wildman–Crippen LogP) is 1.73. The van der Waals surface area contributed by atoms with E-state index in [1.165, 1.54) is 19.3 Å². The second-order valence-electron chi connectivity index (χ2n) is 5.09. The van der Waals surface area contributed by atoms with E-state index in [4.69, 9.17) is 0 Å². The van der Waals surface area contributed by atoms with Gasteiger partial charge < -0.3 is 15.5 Å². The number of hydrogen-bond donors (Lipinski definition) is 2. The number of carbonyl (C=O) groups is 1. The monoisotopic (exact) mass is 276 g/mol. The third-order valence-electron chi connectivity index (χ3n) is 3.56. The molecule has 0 spiro atoms. The van der Waals surface area contributed by atoms with Crippen molar-refractivity contribution >= 4 is 11.7 Å². The quantitative estimate of drug-likeness (QED) is 0.831. The molecule has 0 aliphatic carbocycles. The molecule has 2 rings (SSSR count). The van der Waals surface area contributed by atoms with Crippen LogP contribution in [0.5, 0.6) is 0 Å². The largest absolute Gasteiger partial charge is 0.370 e. The molecular weight excluding hydrogens is 252 g/mol. The average Bonchev–Trinajstić information content (AvgIpc) is 2.49. The zero-order valence-electron chi connectivity index (χ0n) is 12.2. The Labute approximate surface area is 120 Å². The number of anilines is 1. The van der Waals surface area contributed by atoms with Crippen LogP contribution in [-0.4, -0.2) is 48.5 Å². The molecule has 1 aliphatic rings. The Bertz CT molecular complexity index is 430. The first-order valence-corrected chi connectivity index (χ1v) is 7.50. The van der Waals surface area contributed by atoms with Gasteiger partial charge in [0.05, 0.1) is 5.56 Å². The first-order chi connectivity index (χ1) is 9.81. The van der Waals surface area contributed by atoms with E-state index in [-0.39, 0.29) is 5.91 Å². The normalized spacial score (nSPS) is 15.8. The van der Waals surface area contributed by atoms with Crippen LogP contribution in [0.25, 0.3) is 0 Å². The van der Waals surface area contributed by atoms with E-state index in [9.17, 15) is 4.79 Å². The molecule has 1 saturated heterocycles. The summed E-state index contributed by atoms with van der Waals surface area (Å²) in [6.07, 6.45) is 5.59. The smallest absolute Gasteiger partial charge is 0.255 e. The van der Waals surface area contributed by atoms with E-state index >= 15 is 0 Å². The van der Waals surface area contributed by atoms with Gasteiger partial charge in [0.1, 0.15) is 5.82 Å². The molecule has 1 amide bonds. The number of hydrogen-bond acceptors (Lipinski definition) is 4. The van der Waals surface area contributed by atoms with Crippen LogP contribution < -0.4 is 10.6 Å². The lowest BCUT2D eigenvalue weighted by molar-refractivity contribution is 0.0947. The molecule has 2 N–H and O–H groups in total. The standard InChI is InChI=1S/C15H24N4O/c1-2-16-14-13(7-6-8-17-14)15(20)18-9-12-19-10-4-3-5-11-19/h6-8H,2-5,9-12H2,1H3,(H,16,17)(H,18,20). The molecule has 0 bridgehead atoms. The maximum atomic E-state index is 12.2. The number of amides is 1. The van der Waals surface area contributed by atoms with E-state index in [1.54, 1.807) is 18.3 Å². The van der Waals surface area contributed by atoms with Gasteiger partial charge in [0.25, 0.3) is 5.91 Å². The van der Waals surface area contributed by atoms with Crippen LogP contribution in [-0.2, 0) is 0 Å². The molecule has 2 heterocycles. The molecular formula is C15H24N4O. The molecule has 1 fully saturated rings. The molecule has 1 aromatic rings. The summed E-state index contributed by atoms with van der Waals surface area (Å²) < 4.78 is 0. The first-order valence-electron chi connectivity index (χ1n) is 7.50. The van der Waals surface area contributed by atoms with Gasteiger partial charge in [0, 0.05) is 25.8 Å². The highest BCUT2D eigenvalue weighted by molar-refractivity contribution is 5.98. The number of likely N-dealkylation sites (tertiary alicyclic amines) is 1. The molecule has 1 aliphatic heterocycles. The Hall–Kier alpha value is -1.62. The third-order valence-corrected chi connectivity index (χ3v) is 3.56. The van der Waals surface area contributed by atoms with Crippen LogP contribution in [0.15, 0.2) is 18.3 Å².